The fourth-order valence-electron chi connectivity index (χ4n) is 3.93. The van der Waals surface area contributed by atoms with Crippen molar-refractivity contribution in [2.24, 2.45) is 19.8 Å². The number of H-pyrrole nitrogens is 1. The van der Waals surface area contributed by atoms with Gasteiger partial charge >= 0.3 is 5.95 Å². The summed E-state index contributed by atoms with van der Waals surface area (Å²) < 4.78 is 9.38. The molecule has 5 rings (SSSR count). The number of aryl methyl sites for hydroxylation is 2. The lowest BCUT2D eigenvalue weighted by Crippen LogP contribution is -2.32. The van der Waals surface area contributed by atoms with Crippen molar-refractivity contribution in [3.63, 3.8) is 0 Å². The van der Waals surface area contributed by atoms with E-state index < -0.39 is 0 Å². The molecule has 0 aromatic carbocycles. The van der Waals surface area contributed by atoms with Crippen molar-refractivity contribution in [1.82, 2.24) is 24.5 Å². The number of nitrogens with one attached hydrogen (secondary N) is 3. The van der Waals surface area contributed by atoms with Gasteiger partial charge in [0.05, 0.1) is 13.2 Å². The summed E-state index contributed by atoms with van der Waals surface area (Å²) in [6.45, 7) is 0. The summed E-state index contributed by atoms with van der Waals surface area (Å²) in [6, 6.07) is 1.91. The number of fused-ring (bicyclic) bond motifs is 1. The molecule has 1 fully saturated rings. The molecule has 0 unspecified atom stereocenters. The Kier molecular flexibility index (Phi) is 5.77. The van der Waals surface area contributed by atoms with Crippen LogP contribution in [0.15, 0.2) is 41.8 Å². The number of imidazole rings is 1. The number of aromatic amines is 1. The third-order valence-electron chi connectivity index (χ3n) is 5.91. The number of anilines is 3. The van der Waals surface area contributed by atoms with E-state index in [1.807, 2.05) is 19.3 Å². The van der Waals surface area contributed by atoms with Crippen LogP contribution < -0.4 is 31.2 Å². The Labute approximate surface area is 205 Å². The zero-order valence-corrected chi connectivity index (χ0v) is 20.2. The molecule has 5 N–H and O–H groups in total. The van der Waals surface area contributed by atoms with E-state index in [-0.39, 0.29) is 17.1 Å². The summed E-state index contributed by atoms with van der Waals surface area (Å²) in [7, 11) is 5.30. The second-order valence-electron chi connectivity index (χ2n) is 8.31. The molecule has 11 nitrogen and oxygen atoms in total. The molecule has 1 aliphatic rings. The van der Waals surface area contributed by atoms with Gasteiger partial charge in [0.25, 0.3) is 5.56 Å². The molecular formula is C23H25ClN9O2+. The summed E-state index contributed by atoms with van der Waals surface area (Å²) in [5.41, 5.74) is 8.86. The molecule has 1 aliphatic carbocycles. The Hall–Kier alpha value is -4.12. The van der Waals surface area contributed by atoms with Crippen molar-refractivity contribution in [3.8, 4) is 5.75 Å². The SMILES string of the molecule is CNc1nccnc1/C(=C\N)Oc1cnc2[nH]c(Nc3cc(C4CC4)cn(C)c3=O)[n+](C)c2c1Cl. The van der Waals surface area contributed by atoms with Crippen molar-refractivity contribution in [1.29, 1.82) is 0 Å². The largest absolute Gasteiger partial charge is 0.450 e. The lowest BCUT2D eigenvalue weighted by Gasteiger charge is -2.12. The standard InChI is InChI=1S/C23H24ClN9O2/c1-26-20-18(27-6-7-28-20)15(9-25)35-16-10-29-21-19(17(16)24)33(3)23(31-21)30-14-8-13(12-4-5-12)11-32(2)22(14)34/h6-12H,4-5H2,1-3H3,(H4,25,26,27,28,29,30,31)/p+1. The normalized spacial score (nSPS) is 13.8. The molecule has 0 amide bonds. The minimum atomic E-state index is -0.127. The van der Waals surface area contributed by atoms with Crippen molar-refractivity contribution in [2.75, 3.05) is 17.7 Å². The van der Waals surface area contributed by atoms with E-state index >= 15 is 0 Å². The molecule has 0 spiro atoms. The second kappa shape index (κ2) is 8.91. The molecule has 0 bridgehead atoms. The predicted octanol–water partition coefficient (Wildman–Crippen LogP) is 2.53. The van der Waals surface area contributed by atoms with Crippen LogP contribution >= 0.6 is 11.6 Å². The third kappa shape index (κ3) is 4.14. The highest BCUT2D eigenvalue weighted by atomic mass is 35.5. The zero-order chi connectivity index (χ0) is 24.7. The van der Waals surface area contributed by atoms with Gasteiger partial charge in [0, 0.05) is 38.9 Å². The lowest BCUT2D eigenvalue weighted by atomic mass is 10.2. The lowest BCUT2D eigenvalue weighted by molar-refractivity contribution is -0.629. The number of pyridine rings is 2. The number of hydrogen-bond donors (Lipinski definition) is 4. The Morgan fingerprint density at radius 3 is 2.83 bits per heavy atom. The first-order valence-electron chi connectivity index (χ1n) is 11.0. The van der Waals surface area contributed by atoms with Crippen LogP contribution in [0.25, 0.3) is 16.9 Å². The monoisotopic (exact) mass is 494 g/mol. The van der Waals surface area contributed by atoms with Gasteiger partial charge in [0.2, 0.25) is 5.65 Å². The Morgan fingerprint density at radius 2 is 2.11 bits per heavy atom. The first-order chi connectivity index (χ1) is 16.9. The smallest absolute Gasteiger partial charge is 0.362 e. The number of rotatable bonds is 7. The fraction of sp³-hybridized carbons (Fsp3) is 0.261. The van der Waals surface area contributed by atoms with Gasteiger partial charge in [-0.15, -0.1) is 0 Å². The predicted molar refractivity (Wildman–Crippen MR) is 134 cm³/mol. The number of halogens is 1. The summed E-state index contributed by atoms with van der Waals surface area (Å²) in [6.07, 6.45) is 10.1. The molecule has 12 heteroatoms. The van der Waals surface area contributed by atoms with E-state index in [4.69, 9.17) is 22.1 Å². The molecule has 4 aromatic rings. The van der Waals surface area contributed by atoms with E-state index in [1.54, 1.807) is 35.6 Å². The Bertz CT molecular complexity index is 1520. The van der Waals surface area contributed by atoms with Gasteiger partial charge in [0.1, 0.15) is 10.7 Å². The number of nitrogens with zero attached hydrogens (tertiary/aromatic N) is 5. The summed E-state index contributed by atoms with van der Waals surface area (Å²) in [5.74, 6) is 2.12. The fourth-order valence-corrected chi connectivity index (χ4v) is 4.23. The number of nitrogens with two attached hydrogens (primary N) is 1. The van der Waals surface area contributed by atoms with Crippen LogP contribution in [0.4, 0.5) is 17.5 Å². The van der Waals surface area contributed by atoms with Gasteiger partial charge in [-0.1, -0.05) is 11.6 Å². The average Bonchev–Trinajstić information content (AvgIpc) is 3.66. The van der Waals surface area contributed by atoms with Crippen molar-refractivity contribution >= 4 is 46.0 Å². The summed E-state index contributed by atoms with van der Waals surface area (Å²) in [5, 5.41) is 6.48. The van der Waals surface area contributed by atoms with Crippen LogP contribution in [-0.4, -0.2) is 31.6 Å². The van der Waals surface area contributed by atoms with Crippen LogP contribution in [0.5, 0.6) is 5.75 Å². The highest BCUT2D eigenvalue weighted by Crippen LogP contribution is 2.40. The molecule has 4 aromatic heterocycles. The van der Waals surface area contributed by atoms with Gasteiger partial charge in [-0.2, -0.15) is 0 Å². The van der Waals surface area contributed by atoms with Crippen LogP contribution in [0, 0.1) is 0 Å². The van der Waals surface area contributed by atoms with E-state index in [2.05, 4.69) is 30.6 Å². The van der Waals surface area contributed by atoms with Gasteiger partial charge in [-0.25, -0.2) is 29.8 Å². The molecule has 0 saturated heterocycles. The summed E-state index contributed by atoms with van der Waals surface area (Å²) >= 11 is 6.74. The first kappa shape index (κ1) is 22.7. The first-order valence-corrected chi connectivity index (χ1v) is 11.4. The molecule has 0 aliphatic heterocycles. The average molecular weight is 495 g/mol. The minimum Gasteiger partial charge on any atom is -0.450 e. The van der Waals surface area contributed by atoms with Gasteiger partial charge in [-0.3, -0.25) is 4.79 Å². The maximum absolute atomic E-state index is 12.7. The highest BCUT2D eigenvalue weighted by Gasteiger charge is 2.27. The minimum absolute atomic E-state index is 0.127. The Morgan fingerprint density at radius 1 is 1.34 bits per heavy atom. The van der Waals surface area contributed by atoms with Crippen molar-refractivity contribution in [2.45, 2.75) is 18.8 Å². The van der Waals surface area contributed by atoms with Crippen LogP contribution in [0.1, 0.15) is 30.0 Å². The van der Waals surface area contributed by atoms with E-state index in [0.717, 1.165) is 18.4 Å². The Balaban J connectivity index is 1.50. The topological polar surface area (TPSA) is 140 Å². The molecule has 0 atom stereocenters. The third-order valence-corrected chi connectivity index (χ3v) is 6.28. The van der Waals surface area contributed by atoms with Crippen LogP contribution in [-0.2, 0) is 14.1 Å². The highest BCUT2D eigenvalue weighted by molar-refractivity contribution is 6.36. The maximum atomic E-state index is 12.7. The van der Waals surface area contributed by atoms with Gasteiger partial charge in [-0.05, 0) is 30.4 Å². The number of hydrogen-bond acceptors (Lipinski definition) is 8. The molecule has 180 valence electrons. The molecule has 1 saturated carbocycles. The maximum Gasteiger partial charge on any atom is 0.362 e. The summed E-state index contributed by atoms with van der Waals surface area (Å²) in [4.78, 5) is 28.9. The molecule has 0 radical (unpaired) electrons. The van der Waals surface area contributed by atoms with Gasteiger partial charge < -0.3 is 20.4 Å². The van der Waals surface area contributed by atoms with Crippen molar-refractivity contribution < 1.29 is 9.30 Å². The number of aromatic nitrogens is 6. The van der Waals surface area contributed by atoms with Crippen molar-refractivity contribution in [3.05, 3.63) is 63.7 Å². The van der Waals surface area contributed by atoms with E-state index in [9.17, 15) is 4.79 Å². The van der Waals surface area contributed by atoms with E-state index in [1.165, 1.54) is 12.4 Å². The number of ether oxygens (including phenoxy) is 1. The molecule has 35 heavy (non-hydrogen) atoms. The molecule has 4 heterocycles. The zero-order valence-electron chi connectivity index (χ0n) is 19.5. The second-order valence-corrected chi connectivity index (χ2v) is 8.68. The van der Waals surface area contributed by atoms with Gasteiger partial charge in [0.15, 0.2) is 28.5 Å². The quantitative estimate of drug-likeness (QED) is 0.227. The van der Waals surface area contributed by atoms with E-state index in [0.29, 0.717) is 45.3 Å². The van der Waals surface area contributed by atoms with Crippen LogP contribution in [0.3, 0.4) is 0 Å². The molecular weight excluding hydrogens is 470 g/mol. The van der Waals surface area contributed by atoms with Crippen LogP contribution in [0.2, 0.25) is 5.02 Å².